The van der Waals surface area contributed by atoms with E-state index in [0.717, 1.165) is 11.6 Å². The van der Waals surface area contributed by atoms with Crippen LogP contribution in [0.3, 0.4) is 0 Å². The van der Waals surface area contributed by atoms with E-state index < -0.39 is 17.8 Å². The molecule has 0 spiro atoms. The number of hydrogen-bond donors (Lipinski definition) is 2. The van der Waals surface area contributed by atoms with Gasteiger partial charge in [0.05, 0.1) is 18.2 Å². The molecule has 1 atom stereocenters. The number of nitrogens with two attached hydrogens (primary N) is 1. The molecule has 0 radical (unpaired) electrons. The van der Waals surface area contributed by atoms with Crippen LogP contribution in [0.2, 0.25) is 5.02 Å². The van der Waals surface area contributed by atoms with Gasteiger partial charge in [0, 0.05) is 6.20 Å². The van der Waals surface area contributed by atoms with E-state index in [4.69, 9.17) is 22.1 Å². The van der Waals surface area contributed by atoms with Crippen molar-refractivity contribution in [3.63, 3.8) is 0 Å². The van der Waals surface area contributed by atoms with Crippen molar-refractivity contribution in [2.24, 2.45) is 5.73 Å². The third-order valence-corrected chi connectivity index (χ3v) is 3.68. The lowest BCUT2D eigenvalue weighted by atomic mass is 10.1. The van der Waals surface area contributed by atoms with E-state index in [1.54, 1.807) is 0 Å². The molecule has 2 rings (SSSR count). The lowest BCUT2D eigenvalue weighted by Gasteiger charge is -2.13. The zero-order valence-electron chi connectivity index (χ0n) is 14.4. The molecule has 1 amide bonds. The van der Waals surface area contributed by atoms with Crippen molar-refractivity contribution in [2.45, 2.75) is 18.6 Å². The topological polar surface area (TPSA) is 77.2 Å². The molecule has 1 heterocycles. The number of amides is 1. The molecular weight excluding hydrogens is 442 g/mol. The first kappa shape index (κ1) is 26.3. The Labute approximate surface area is 177 Å². The molecular formula is C17H19Cl3F3N3O2. The summed E-state index contributed by atoms with van der Waals surface area (Å²) in [5.41, 5.74) is 5.81. The number of ether oxygens (including phenoxy) is 1. The molecule has 156 valence electrons. The first-order valence-electron chi connectivity index (χ1n) is 7.70. The Kier molecular flexibility index (Phi) is 11.2. The molecule has 1 aromatic carbocycles. The molecule has 0 fully saturated rings. The number of nitrogens with one attached hydrogen (secondary N) is 1. The average molecular weight is 461 g/mol. The maximum absolute atomic E-state index is 12.5. The largest absolute Gasteiger partial charge is 0.475 e. The Hall–Kier alpha value is -1.74. The van der Waals surface area contributed by atoms with Crippen LogP contribution in [-0.4, -0.2) is 30.1 Å². The van der Waals surface area contributed by atoms with Crippen molar-refractivity contribution in [1.29, 1.82) is 0 Å². The van der Waals surface area contributed by atoms with E-state index >= 15 is 0 Å². The van der Waals surface area contributed by atoms with Crippen molar-refractivity contribution in [2.75, 3.05) is 13.2 Å². The number of pyridine rings is 1. The Morgan fingerprint density at radius 1 is 1.25 bits per heavy atom. The van der Waals surface area contributed by atoms with Gasteiger partial charge in [-0.25, -0.2) is 4.98 Å². The molecule has 0 aliphatic heterocycles. The number of alkyl halides is 3. The van der Waals surface area contributed by atoms with Crippen molar-refractivity contribution >= 4 is 42.3 Å². The molecule has 0 bridgehead atoms. The van der Waals surface area contributed by atoms with Gasteiger partial charge >= 0.3 is 6.18 Å². The summed E-state index contributed by atoms with van der Waals surface area (Å²) >= 11 is 5.72. The lowest BCUT2D eigenvalue weighted by Crippen LogP contribution is -2.43. The molecule has 0 aliphatic carbocycles. The molecule has 11 heteroatoms. The molecule has 3 N–H and O–H groups in total. The first-order chi connectivity index (χ1) is 12.3. The van der Waals surface area contributed by atoms with Gasteiger partial charge in [0.2, 0.25) is 11.8 Å². The van der Waals surface area contributed by atoms with Gasteiger partial charge in [0.25, 0.3) is 0 Å². The van der Waals surface area contributed by atoms with Gasteiger partial charge in [-0.3, -0.25) is 4.79 Å². The molecule has 28 heavy (non-hydrogen) atoms. The molecule has 5 nitrogen and oxygen atoms in total. The van der Waals surface area contributed by atoms with Crippen LogP contribution >= 0.6 is 36.4 Å². The minimum absolute atomic E-state index is 0. The Morgan fingerprint density at radius 2 is 1.89 bits per heavy atom. The SMILES string of the molecule is Cl.Cl.NC(Cc1ccccc1)C(=O)NCCOc1ncc(C(F)(F)F)cc1Cl. The molecule has 2 aromatic rings. The van der Waals surface area contributed by atoms with Gasteiger partial charge in [0.1, 0.15) is 11.6 Å². The van der Waals surface area contributed by atoms with Crippen LogP contribution in [-0.2, 0) is 17.4 Å². The number of rotatable bonds is 7. The van der Waals surface area contributed by atoms with E-state index in [-0.39, 0.29) is 54.8 Å². The molecule has 1 aromatic heterocycles. The second kappa shape index (κ2) is 12.0. The normalized spacial score (nSPS) is 11.6. The Morgan fingerprint density at radius 3 is 2.46 bits per heavy atom. The number of hydrogen-bond acceptors (Lipinski definition) is 4. The Bertz CT molecular complexity index is 749. The van der Waals surface area contributed by atoms with E-state index in [9.17, 15) is 18.0 Å². The summed E-state index contributed by atoms with van der Waals surface area (Å²) in [6.45, 7) is 0.0994. The fourth-order valence-corrected chi connectivity index (χ4v) is 2.32. The number of benzene rings is 1. The van der Waals surface area contributed by atoms with Crippen LogP contribution in [0, 0.1) is 0 Å². The summed E-state index contributed by atoms with van der Waals surface area (Å²) in [5.74, 6) is -0.494. The average Bonchev–Trinajstić information content (AvgIpc) is 2.59. The molecule has 0 saturated carbocycles. The number of aromatic nitrogens is 1. The van der Waals surface area contributed by atoms with Gasteiger partial charge in [-0.15, -0.1) is 24.8 Å². The zero-order chi connectivity index (χ0) is 19.2. The van der Waals surface area contributed by atoms with Gasteiger partial charge < -0.3 is 15.8 Å². The molecule has 0 aliphatic rings. The highest BCUT2D eigenvalue weighted by Crippen LogP contribution is 2.32. The third kappa shape index (κ3) is 8.10. The van der Waals surface area contributed by atoms with Crippen molar-refractivity contribution < 1.29 is 22.7 Å². The van der Waals surface area contributed by atoms with Crippen LogP contribution in [0.1, 0.15) is 11.1 Å². The van der Waals surface area contributed by atoms with Crippen LogP contribution < -0.4 is 15.8 Å². The fraction of sp³-hybridized carbons (Fsp3) is 0.294. The summed E-state index contributed by atoms with van der Waals surface area (Å²) in [4.78, 5) is 15.5. The van der Waals surface area contributed by atoms with Crippen LogP contribution in [0.25, 0.3) is 0 Å². The van der Waals surface area contributed by atoms with Crippen LogP contribution in [0.5, 0.6) is 5.88 Å². The van der Waals surface area contributed by atoms with E-state index in [2.05, 4.69) is 10.3 Å². The monoisotopic (exact) mass is 459 g/mol. The standard InChI is InChI=1S/C17H17ClF3N3O2.2ClH/c18-13-9-12(17(19,20)21)10-24-16(13)26-7-6-23-15(25)14(22)8-11-4-2-1-3-5-11;;/h1-5,9-10,14H,6-8,22H2,(H,23,25);2*1H. The highest BCUT2D eigenvalue weighted by molar-refractivity contribution is 6.31. The number of nitrogens with zero attached hydrogens (tertiary/aromatic N) is 1. The zero-order valence-corrected chi connectivity index (χ0v) is 16.8. The quantitative estimate of drug-likeness (QED) is 0.618. The van der Waals surface area contributed by atoms with Crippen molar-refractivity contribution in [1.82, 2.24) is 10.3 Å². The van der Waals surface area contributed by atoms with Gasteiger partial charge in [0.15, 0.2) is 0 Å². The highest BCUT2D eigenvalue weighted by Gasteiger charge is 2.31. The maximum Gasteiger partial charge on any atom is 0.417 e. The highest BCUT2D eigenvalue weighted by atomic mass is 35.5. The number of carbonyl (C=O) groups is 1. The van der Waals surface area contributed by atoms with E-state index in [0.29, 0.717) is 12.6 Å². The second-order valence-corrected chi connectivity index (χ2v) is 5.85. The number of carbonyl (C=O) groups excluding carboxylic acids is 1. The van der Waals surface area contributed by atoms with Crippen LogP contribution in [0.15, 0.2) is 42.6 Å². The van der Waals surface area contributed by atoms with Gasteiger partial charge in [-0.05, 0) is 18.1 Å². The summed E-state index contributed by atoms with van der Waals surface area (Å²) in [6, 6.07) is 9.34. The molecule has 0 saturated heterocycles. The predicted molar refractivity (Wildman–Crippen MR) is 105 cm³/mol. The first-order valence-corrected chi connectivity index (χ1v) is 8.08. The van der Waals surface area contributed by atoms with E-state index in [1.165, 1.54) is 0 Å². The predicted octanol–water partition coefficient (Wildman–Crippen LogP) is 3.66. The number of halogens is 6. The minimum atomic E-state index is -4.53. The second-order valence-electron chi connectivity index (χ2n) is 5.44. The van der Waals surface area contributed by atoms with Gasteiger partial charge in [-0.1, -0.05) is 41.9 Å². The van der Waals surface area contributed by atoms with Gasteiger partial charge in [-0.2, -0.15) is 13.2 Å². The Balaban J connectivity index is 0.00000364. The van der Waals surface area contributed by atoms with Crippen molar-refractivity contribution in [3.05, 3.63) is 58.7 Å². The molecule has 1 unspecified atom stereocenters. The minimum Gasteiger partial charge on any atom is -0.475 e. The fourth-order valence-electron chi connectivity index (χ4n) is 2.10. The smallest absolute Gasteiger partial charge is 0.417 e. The summed E-state index contributed by atoms with van der Waals surface area (Å²) in [6.07, 6.45) is -3.51. The van der Waals surface area contributed by atoms with Crippen LogP contribution in [0.4, 0.5) is 13.2 Å². The van der Waals surface area contributed by atoms with E-state index in [1.807, 2.05) is 30.3 Å². The summed E-state index contributed by atoms with van der Waals surface area (Å²) < 4.78 is 42.8. The summed E-state index contributed by atoms with van der Waals surface area (Å²) in [5, 5.41) is 2.33. The summed E-state index contributed by atoms with van der Waals surface area (Å²) in [7, 11) is 0. The van der Waals surface area contributed by atoms with Crippen molar-refractivity contribution in [3.8, 4) is 5.88 Å². The lowest BCUT2D eigenvalue weighted by molar-refractivity contribution is -0.137. The third-order valence-electron chi connectivity index (χ3n) is 3.41. The maximum atomic E-state index is 12.5.